The average Bonchev–Trinajstić information content (AvgIpc) is 2.15. The summed E-state index contributed by atoms with van der Waals surface area (Å²) in [6.07, 6.45) is -3.28. The first-order valence-corrected chi connectivity index (χ1v) is 6.23. The number of alkyl halides is 3. The van der Waals surface area contributed by atoms with Gasteiger partial charge in [-0.3, -0.25) is 0 Å². The van der Waals surface area contributed by atoms with E-state index in [0.717, 1.165) is 6.54 Å². The van der Waals surface area contributed by atoms with Crippen LogP contribution in [0.2, 0.25) is 0 Å². The van der Waals surface area contributed by atoms with Gasteiger partial charge in [0.1, 0.15) is 0 Å². The lowest BCUT2D eigenvalue weighted by Gasteiger charge is -2.37. The Kier molecular flexibility index (Phi) is 4.84. The molecular weight excluding hydrogens is 231 g/mol. The molecule has 1 aliphatic rings. The van der Waals surface area contributed by atoms with Gasteiger partial charge in [0.2, 0.25) is 0 Å². The maximum Gasteiger partial charge on any atom is 0.391 e. The molecule has 0 bridgehead atoms. The zero-order chi connectivity index (χ0) is 13.1. The van der Waals surface area contributed by atoms with Gasteiger partial charge in [-0.25, -0.2) is 0 Å². The second kappa shape index (κ2) is 5.57. The normalized spacial score (nSPS) is 30.9. The molecule has 0 aliphatic heterocycles. The Morgan fingerprint density at radius 2 is 2.06 bits per heavy atom. The van der Waals surface area contributed by atoms with E-state index in [1.54, 1.807) is 0 Å². The summed E-state index contributed by atoms with van der Waals surface area (Å²) in [5.41, 5.74) is -1.19. The number of halogens is 3. The highest BCUT2D eigenvalue weighted by atomic mass is 19.4. The van der Waals surface area contributed by atoms with Crippen molar-refractivity contribution in [3.8, 4) is 0 Å². The fraction of sp³-hybridized carbons (Fsp3) is 1.00. The molecule has 2 unspecified atom stereocenters. The lowest BCUT2D eigenvalue weighted by molar-refractivity contribution is -0.200. The zero-order valence-electron chi connectivity index (χ0n) is 10.5. The minimum absolute atomic E-state index is 0.149. The molecule has 0 saturated heterocycles. The Bertz CT molecular complexity index is 242. The van der Waals surface area contributed by atoms with Crippen LogP contribution in [0.1, 0.15) is 39.5 Å². The Hall–Kier alpha value is -0.290. The third-order valence-corrected chi connectivity index (χ3v) is 3.29. The molecule has 0 radical (unpaired) electrons. The number of nitrogens with one attached hydrogen (secondary N) is 1. The van der Waals surface area contributed by atoms with E-state index in [9.17, 15) is 18.3 Å². The van der Waals surface area contributed by atoms with Gasteiger partial charge in [0, 0.05) is 6.54 Å². The third-order valence-electron chi connectivity index (χ3n) is 3.29. The molecule has 102 valence electrons. The molecule has 1 saturated carbocycles. The van der Waals surface area contributed by atoms with Gasteiger partial charge in [0.05, 0.1) is 11.5 Å². The predicted molar refractivity (Wildman–Crippen MR) is 60.7 cm³/mol. The number of hydrogen-bond donors (Lipinski definition) is 2. The van der Waals surface area contributed by atoms with Crippen LogP contribution in [0.25, 0.3) is 0 Å². The van der Waals surface area contributed by atoms with Crippen LogP contribution < -0.4 is 5.32 Å². The van der Waals surface area contributed by atoms with Gasteiger partial charge < -0.3 is 10.4 Å². The maximum absolute atomic E-state index is 12.6. The first-order valence-electron chi connectivity index (χ1n) is 6.23. The van der Waals surface area contributed by atoms with Crippen molar-refractivity contribution in [3.63, 3.8) is 0 Å². The summed E-state index contributed by atoms with van der Waals surface area (Å²) in [6.45, 7) is 5.03. The average molecular weight is 253 g/mol. The van der Waals surface area contributed by atoms with E-state index in [-0.39, 0.29) is 19.4 Å². The van der Waals surface area contributed by atoms with Crippen molar-refractivity contribution >= 4 is 0 Å². The highest BCUT2D eigenvalue weighted by Gasteiger charge is 2.46. The van der Waals surface area contributed by atoms with E-state index in [1.165, 1.54) is 0 Å². The summed E-state index contributed by atoms with van der Waals surface area (Å²) in [4.78, 5) is 0. The fourth-order valence-electron chi connectivity index (χ4n) is 2.37. The van der Waals surface area contributed by atoms with Gasteiger partial charge in [-0.1, -0.05) is 13.8 Å². The summed E-state index contributed by atoms with van der Waals surface area (Å²) in [5, 5.41) is 13.2. The van der Waals surface area contributed by atoms with Crippen LogP contribution in [0.5, 0.6) is 0 Å². The largest absolute Gasteiger partial charge is 0.391 e. The van der Waals surface area contributed by atoms with Gasteiger partial charge in [-0.05, 0) is 38.1 Å². The van der Waals surface area contributed by atoms with Gasteiger partial charge in [0.25, 0.3) is 0 Å². The van der Waals surface area contributed by atoms with Gasteiger partial charge >= 0.3 is 6.18 Å². The quantitative estimate of drug-likeness (QED) is 0.807. The Morgan fingerprint density at radius 3 is 2.59 bits per heavy atom. The summed E-state index contributed by atoms with van der Waals surface area (Å²) < 4.78 is 37.8. The van der Waals surface area contributed by atoms with E-state index in [2.05, 4.69) is 5.32 Å². The Balaban J connectivity index is 2.46. The number of hydrogen-bond acceptors (Lipinski definition) is 2. The summed E-state index contributed by atoms with van der Waals surface area (Å²) in [7, 11) is 0. The Morgan fingerprint density at radius 1 is 1.41 bits per heavy atom. The van der Waals surface area contributed by atoms with Crippen LogP contribution in [-0.2, 0) is 0 Å². The van der Waals surface area contributed by atoms with E-state index in [4.69, 9.17) is 0 Å². The lowest BCUT2D eigenvalue weighted by atomic mass is 9.77. The van der Waals surface area contributed by atoms with Crippen LogP contribution in [0.3, 0.4) is 0 Å². The summed E-state index contributed by atoms with van der Waals surface area (Å²) >= 11 is 0. The summed E-state index contributed by atoms with van der Waals surface area (Å²) in [6, 6.07) is 0. The molecule has 17 heavy (non-hydrogen) atoms. The standard InChI is InChI=1S/C12H22F3NO/c1-9(2)7-16-8-11(17)5-3-4-10(6-11)12(13,14)15/h9-10,16-17H,3-8H2,1-2H3. The van der Waals surface area contributed by atoms with Crippen LogP contribution in [0.15, 0.2) is 0 Å². The smallest absolute Gasteiger partial charge is 0.389 e. The van der Waals surface area contributed by atoms with Crippen molar-refractivity contribution < 1.29 is 18.3 Å². The predicted octanol–water partition coefficient (Wildman–Crippen LogP) is 2.72. The molecule has 1 aliphatic carbocycles. The highest BCUT2D eigenvalue weighted by molar-refractivity contribution is 4.90. The second-order valence-corrected chi connectivity index (χ2v) is 5.58. The molecular formula is C12H22F3NO. The third kappa shape index (κ3) is 4.84. The van der Waals surface area contributed by atoms with E-state index in [0.29, 0.717) is 18.8 Å². The summed E-state index contributed by atoms with van der Waals surface area (Å²) in [5.74, 6) is -0.914. The number of aliphatic hydroxyl groups is 1. The first-order chi connectivity index (χ1) is 7.73. The SMILES string of the molecule is CC(C)CNCC1(O)CCCC(C(F)(F)F)C1. The molecule has 1 rings (SSSR count). The lowest BCUT2D eigenvalue weighted by Crippen LogP contribution is -2.47. The molecule has 0 amide bonds. The molecule has 0 aromatic heterocycles. The topological polar surface area (TPSA) is 32.3 Å². The fourth-order valence-corrected chi connectivity index (χ4v) is 2.37. The minimum atomic E-state index is -4.17. The molecule has 0 spiro atoms. The van der Waals surface area contributed by atoms with Crippen molar-refractivity contribution in [3.05, 3.63) is 0 Å². The monoisotopic (exact) mass is 253 g/mol. The van der Waals surface area contributed by atoms with Gasteiger partial charge in [0.15, 0.2) is 0 Å². The first kappa shape index (κ1) is 14.8. The molecule has 0 aromatic rings. The molecule has 2 atom stereocenters. The Labute approximate surface area is 101 Å². The van der Waals surface area contributed by atoms with Crippen molar-refractivity contribution in [2.75, 3.05) is 13.1 Å². The molecule has 2 nitrogen and oxygen atoms in total. The van der Waals surface area contributed by atoms with E-state index >= 15 is 0 Å². The highest BCUT2D eigenvalue weighted by Crippen LogP contribution is 2.41. The van der Waals surface area contributed by atoms with Crippen molar-refractivity contribution in [2.24, 2.45) is 11.8 Å². The van der Waals surface area contributed by atoms with Crippen molar-refractivity contribution in [1.29, 1.82) is 0 Å². The van der Waals surface area contributed by atoms with Crippen molar-refractivity contribution in [1.82, 2.24) is 5.32 Å². The van der Waals surface area contributed by atoms with Crippen LogP contribution >= 0.6 is 0 Å². The van der Waals surface area contributed by atoms with E-state index in [1.807, 2.05) is 13.8 Å². The molecule has 1 fully saturated rings. The van der Waals surface area contributed by atoms with Gasteiger partial charge in [-0.15, -0.1) is 0 Å². The number of rotatable bonds is 4. The van der Waals surface area contributed by atoms with Crippen LogP contribution in [0.4, 0.5) is 13.2 Å². The molecule has 5 heteroatoms. The zero-order valence-corrected chi connectivity index (χ0v) is 10.5. The molecule has 0 heterocycles. The minimum Gasteiger partial charge on any atom is -0.389 e. The van der Waals surface area contributed by atoms with Crippen molar-refractivity contribution in [2.45, 2.75) is 51.3 Å². The molecule has 2 N–H and O–H groups in total. The second-order valence-electron chi connectivity index (χ2n) is 5.58. The van der Waals surface area contributed by atoms with Crippen LogP contribution in [0, 0.1) is 11.8 Å². The maximum atomic E-state index is 12.6. The van der Waals surface area contributed by atoms with Crippen LogP contribution in [-0.4, -0.2) is 30.0 Å². The van der Waals surface area contributed by atoms with Gasteiger partial charge in [-0.2, -0.15) is 13.2 Å². The van der Waals surface area contributed by atoms with E-state index < -0.39 is 17.7 Å². The molecule has 0 aromatic carbocycles.